The van der Waals surface area contributed by atoms with E-state index in [1.54, 1.807) is 0 Å². The normalized spacial score (nSPS) is 17.1. The van der Waals surface area contributed by atoms with Crippen molar-refractivity contribution >= 4 is 5.84 Å². The van der Waals surface area contributed by atoms with Crippen molar-refractivity contribution in [1.29, 1.82) is 0 Å². The monoisotopic (exact) mass is 155 g/mol. The first-order valence-corrected chi connectivity index (χ1v) is 4.31. The molecule has 1 rings (SSSR count). The summed E-state index contributed by atoms with van der Waals surface area (Å²) in [5.74, 6) is 1.21. The summed E-state index contributed by atoms with van der Waals surface area (Å²) in [5, 5.41) is 4.22. The Kier molecular flexibility index (Phi) is 2.74. The molecule has 0 atom stereocenters. The third kappa shape index (κ3) is 1.85. The molecule has 0 saturated carbocycles. The highest BCUT2D eigenvalue weighted by atomic mass is 15.5. The van der Waals surface area contributed by atoms with E-state index in [0.717, 1.165) is 13.1 Å². The topological polar surface area (TPSA) is 27.6 Å². The van der Waals surface area contributed by atoms with Crippen molar-refractivity contribution in [3.63, 3.8) is 0 Å². The van der Waals surface area contributed by atoms with E-state index < -0.39 is 0 Å². The lowest BCUT2D eigenvalue weighted by Gasteiger charge is -2.22. The van der Waals surface area contributed by atoms with Crippen molar-refractivity contribution in [2.75, 3.05) is 6.67 Å². The molecule has 0 saturated heterocycles. The largest absolute Gasteiger partial charge is 0.337 e. The van der Waals surface area contributed by atoms with Crippen LogP contribution in [0.1, 0.15) is 33.6 Å². The Morgan fingerprint density at radius 1 is 1.64 bits per heavy atom. The Morgan fingerprint density at radius 3 is 2.91 bits per heavy atom. The van der Waals surface area contributed by atoms with Gasteiger partial charge >= 0.3 is 0 Å². The van der Waals surface area contributed by atoms with Gasteiger partial charge in [0.25, 0.3) is 0 Å². The average molecular weight is 155 g/mol. The van der Waals surface area contributed by atoms with Crippen LogP contribution in [-0.2, 0) is 0 Å². The summed E-state index contributed by atoms with van der Waals surface area (Å²) < 4.78 is 0. The molecule has 3 heteroatoms. The molecule has 0 aromatic rings. The molecule has 0 aromatic carbocycles. The van der Waals surface area contributed by atoms with Gasteiger partial charge in [-0.25, -0.2) is 0 Å². The molecule has 11 heavy (non-hydrogen) atoms. The van der Waals surface area contributed by atoms with Gasteiger partial charge in [0.2, 0.25) is 0 Å². The van der Waals surface area contributed by atoms with E-state index in [2.05, 4.69) is 36.2 Å². The fourth-order valence-electron chi connectivity index (χ4n) is 1.26. The highest BCUT2D eigenvalue weighted by Gasteiger charge is 2.17. The fraction of sp³-hybridized carbons (Fsp3) is 0.875. The van der Waals surface area contributed by atoms with Crippen molar-refractivity contribution < 1.29 is 0 Å². The van der Waals surface area contributed by atoms with Crippen LogP contribution in [0.5, 0.6) is 0 Å². The van der Waals surface area contributed by atoms with Crippen molar-refractivity contribution in [2.24, 2.45) is 5.10 Å². The maximum Gasteiger partial charge on any atom is 0.126 e. The van der Waals surface area contributed by atoms with Crippen LogP contribution in [0.25, 0.3) is 0 Å². The van der Waals surface area contributed by atoms with Gasteiger partial charge < -0.3 is 4.90 Å². The van der Waals surface area contributed by atoms with Crippen molar-refractivity contribution in [1.82, 2.24) is 10.3 Å². The molecule has 0 radical (unpaired) electrons. The second kappa shape index (κ2) is 3.60. The van der Waals surface area contributed by atoms with Crippen LogP contribution in [-0.4, -0.2) is 23.4 Å². The van der Waals surface area contributed by atoms with E-state index in [9.17, 15) is 0 Å². The first-order valence-electron chi connectivity index (χ1n) is 4.31. The molecule has 0 unspecified atom stereocenters. The van der Waals surface area contributed by atoms with Crippen LogP contribution in [0.15, 0.2) is 5.10 Å². The number of nitrogens with one attached hydrogen (secondary N) is 1. The van der Waals surface area contributed by atoms with E-state index in [1.807, 2.05) is 0 Å². The van der Waals surface area contributed by atoms with Crippen LogP contribution in [0, 0.1) is 0 Å². The third-order valence-corrected chi connectivity index (χ3v) is 1.88. The molecule has 1 aliphatic heterocycles. The molecule has 0 aromatic heterocycles. The predicted molar refractivity (Wildman–Crippen MR) is 47.3 cm³/mol. The summed E-state index contributed by atoms with van der Waals surface area (Å²) in [5.41, 5.74) is 3.00. The Bertz CT molecular complexity index is 151. The molecule has 1 aliphatic rings. The molecule has 64 valence electrons. The minimum absolute atomic E-state index is 0.565. The van der Waals surface area contributed by atoms with Gasteiger partial charge in [0, 0.05) is 12.5 Å². The zero-order chi connectivity index (χ0) is 8.27. The van der Waals surface area contributed by atoms with Crippen LogP contribution < -0.4 is 5.43 Å². The van der Waals surface area contributed by atoms with Gasteiger partial charge in [-0.05, 0) is 20.3 Å². The van der Waals surface area contributed by atoms with Gasteiger partial charge in [0.1, 0.15) is 12.5 Å². The van der Waals surface area contributed by atoms with Gasteiger partial charge in [-0.1, -0.05) is 6.92 Å². The lowest BCUT2D eigenvalue weighted by Crippen LogP contribution is -2.35. The summed E-state index contributed by atoms with van der Waals surface area (Å²) in [6.45, 7) is 7.45. The van der Waals surface area contributed by atoms with Crippen molar-refractivity contribution in [3.8, 4) is 0 Å². The van der Waals surface area contributed by atoms with Crippen molar-refractivity contribution in [2.45, 2.75) is 39.7 Å². The summed E-state index contributed by atoms with van der Waals surface area (Å²) in [4.78, 5) is 2.30. The third-order valence-electron chi connectivity index (χ3n) is 1.88. The minimum atomic E-state index is 0.565. The van der Waals surface area contributed by atoms with Gasteiger partial charge in [-0.3, -0.25) is 5.43 Å². The first-order chi connectivity index (χ1) is 5.25. The lowest BCUT2D eigenvalue weighted by atomic mass is 10.2. The van der Waals surface area contributed by atoms with Crippen LogP contribution in [0.4, 0.5) is 0 Å². The molecule has 0 fully saturated rings. The number of hydrogen-bond acceptors (Lipinski definition) is 3. The van der Waals surface area contributed by atoms with Crippen molar-refractivity contribution in [3.05, 3.63) is 0 Å². The maximum atomic E-state index is 4.22. The minimum Gasteiger partial charge on any atom is -0.337 e. The Labute approximate surface area is 68.5 Å². The van der Waals surface area contributed by atoms with Gasteiger partial charge in [-0.15, -0.1) is 0 Å². The maximum absolute atomic E-state index is 4.22. The zero-order valence-corrected chi connectivity index (χ0v) is 7.59. The van der Waals surface area contributed by atoms with Gasteiger partial charge in [-0.2, -0.15) is 5.10 Å². The van der Waals surface area contributed by atoms with Crippen LogP contribution in [0.2, 0.25) is 0 Å². The highest BCUT2D eigenvalue weighted by Crippen LogP contribution is 2.07. The smallest absolute Gasteiger partial charge is 0.126 e. The van der Waals surface area contributed by atoms with E-state index in [0.29, 0.717) is 6.04 Å². The van der Waals surface area contributed by atoms with E-state index in [-0.39, 0.29) is 0 Å². The molecule has 0 aliphatic carbocycles. The molecule has 0 bridgehead atoms. The Morgan fingerprint density at radius 2 is 2.36 bits per heavy atom. The molecule has 0 spiro atoms. The Hall–Kier alpha value is -0.730. The number of amidine groups is 1. The molecular formula is C8H17N3. The SMILES string of the molecule is CCCC1=NNCN1C(C)C. The highest BCUT2D eigenvalue weighted by molar-refractivity contribution is 5.83. The number of hydrogen-bond donors (Lipinski definition) is 1. The molecular weight excluding hydrogens is 138 g/mol. The van der Waals surface area contributed by atoms with Crippen LogP contribution >= 0.6 is 0 Å². The summed E-state index contributed by atoms with van der Waals surface area (Å²) >= 11 is 0. The molecule has 0 amide bonds. The molecule has 1 heterocycles. The number of nitrogens with zero attached hydrogens (tertiary/aromatic N) is 2. The van der Waals surface area contributed by atoms with Crippen LogP contribution in [0.3, 0.4) is 0 Å². The second-order valence-electron chi connectivity index (χ2n) is 3.16. The number of hydrazone groups is 1. The Balaban J connectivity index is 2.48. The first kappa shape index (κ1) is 8.37. The lowest BCUT2D eigenvalue weighted by molar-refractivity contribution is 0.351. The molecule has 3 nitrogen and oxygen atoms in total. The van der Waals surface area contributed by atoms with E-state index in [1.165, 1.54) is 12.3 Å². The predicted octanol–water partition coefficient (Wildman–Crippen LogP) is 1.37. The zero-order valence-electron chi connectivity index (χ0n) is 7.59. The average Bonchev–Trinajstić information content (AvgIpc) is 2.36. The number of rotatable bonds is 3. The van der Waals surface area contributed by atoms with Gasteiger partial charge in [0.15, 0.2) is 0 Å². The second-order valence-corrected chi connectivity index (χ2v) is 3.16. The quantitative estimate of drug-likeness (QED) is 0.666. The van der Waals surface area contributed by atoms with E-state index >= 15 is 0 Å². The van der Waals surface area contributed by atoms with E-state index in [4.69, 9.17) is 0 Å². The molecule has 1 N–H and O–H groups in total. The summed E-state index contributed by atoms with van der Waals surface area (Å²) in [6, 6.07) is 0.565. The summed E-state index contributed by atoms with van der Waals surface area (Å²) in [6.07, 6.45) is 2.26. The fourth-order valence-corrected chi connectivity index (χ4v) is 1.26. The van der Waals surface area contributed by atoms with Gasteiger partial charge in [0.05, 0.1) is 0 Å². The summed E-state index contributed by atoms with van der Waals surface area (Å²) in [7, 11) is 0. The standard InChI is InChI=1S/C8H17N3/c1-4-5-8-10-9-6-11(8)7(2)3/h7,9H,4-6H2,1-3H3.